The van der Waals surface area contributed by atoms with Crippen LogP contribution in [0.5, 0.6) is 0 Å². The smallest absolute Gasteiger partial charge is 0.193 e. The number of piperidine rings is 1. The standard InChI is InChI=1S/C16H20BrFN6.HI/c1-19-16(20-9-11-2-3-13(17)14(18)8-11)24-6-4-12(5-7-24)15-21-10-22-23-15;/h2-3,8,10,12H,4-7,9H2,1H3,(H,19,20)(H,21,22,23);1H. The highest BCUT2D eigenvalue weighted by atomic mass is 127. The third-order valence-electron chi connectivity index (χ3n) is 4.26. The van der Waals surface area contributed by atoms with Crippen molar-refractivity contribution in [3.05, 3.63) is 46.2 Å². The number of halogens is 3. The van der Waals surface area contributed by atoms with Crippen molar-refractivity contribution in [2.45, 2.75) is 25.3 Å². The Bertz CT molecular complexity index is 701. The van der Waals surface area contributed by atoms with Gasteiger partial charge in [-0.05, 0) is 46.5 Å². The third kappa shape index (κ3) is 5.13. The number of guanidine groups is 1. The molecule has 0 aliphatic carbocycles. The molecule has 1 aliphatic heterocycles. The summed E-state index contributed by atoms with van der Waals surface area (Å²) >= 11 is 3.17. The Balaban J connectivity index is 0.00000225. The van der Waals surface area contributed by atoms with E-state index in [1.165, 1.54) is 6.07 Å². The van der Waals surface area contributed by atoms with E-state index in [0.717, 1.165) is 43.3 Å². The summed E-state index contributed by atoms with van der Waals surface area (Å²) in [5.41, 5.74) is 0.883. The van der Waals surface area contributed by atoms with Crippen molar-refractivity contribution in [3.63, 3.8) is 0 Å². The molecule has 1 aromatic heterocycles. The SMILES string of the molecule is CN=C(NCc1ccc(Br)c(F)c1)N1CCC(c2ncn[nH]2)CC1.I. The number of hydrogen-bond acceptors (Lipinski definition) is 3. The summed E-state index contributed by atoms with van der Waals surface area (Å²) in [5, 5.41) is 10.2. The summed E-state index contributed by atoms with van der Waals surface area (Å²) in [7, 11) is 1.77. The molecule has 2 N–H and O–H groups in total. The highest BCUT2D eigenvalue weighted by molar-refractivity contribution is 14.0. The molecule has 1 fully saturated rings. The lowest BCUT2D eigenvalue weighted by Gasteiger charge is -2.33. The van der Waals surface area contributed by atoms with Crippen molar-refractivity contribution in [2.24, 2.45) is 4.99 Å². The van der Waals surface area contributed by atoms with Gasteiger partial charge in [0, 0.05) is 32.6 Å². The van der Waals surface area contributed by atoms with Crippen LogP contribution in [0.1, 0.15) is 30.1 Å². The maximum atomic E-state index is 13.6. The number of aromatic nitrogens is 3. The average molecular weight is 523 g/mol. The number of nitrogens with one attached hydrogen (secondary N) is 2. The number of H-pyrrole nitrogens is 1. The van der Waals surface area contributed by atoms with Crippen LogP contribution in [0.4, 0.5) is 4.39 Å². The lowest BCUT2D eigenvalue weighted by molar-refractivity contribution is 0.298. The van der Waals surface area contributed by atoms with Crippen LogP contribution >= 0.6 is 39.9 Å². The second-order valence-electron chi connectivity index (χ2n) is 5.78. The molecule has 0 atom stereocenters. The van der Waals surface area contributed by atoms with Gasteiger partial charge >= 0.3 is 0 Å². The van der Waals surface area contributed by atoms with Crippen molar-refractivity contribution in [1.82, 2.24) is 25.4 Å². The summed E-state index contributed by atoms with van der Waals surface area (Å²) in [5.74, 6) is 1.97. The van der Waals surface area contributed by atoms with Crippen molar-refractivity contribution >= 4 is 45.9 Å². The highest BCUT2D eigenvalue weighted by Crippen LogP contribution is 2.25. The monoisotopic (exact) mass is 522 g/mol. The van der Waals surface area contributed by atoms with E-state index in [0.29, 0.717) is 16.9 Å². The Morgan fingerprint density at radius 3 is 2.80 bits per heavy atom. The van der Waals surface area contributed by atoms with Gasteiger partial charge in [0.05, 0.1) is 4.47 Å². The molecular formula is C16H21BrFIN6. The van der Waals surface area contributed by atoms with E-state index in [1.807, 2.05) is 6.07 Å². The first-order valence-electron chi connectivity index (χ1n) is 7.92. The first kappa shape index (κ1) is 20.1. The molecule has 9 heteroatoms. The summed E-state index contributed by atoms with van der Waals surface area (Å²) in [4.78, 5) is 10.8. The molecule has 3 rings (SSSR count). The summed E-state index contributed by atoms with van der Waals surface area (Å²) in [6.45, 7) is 2.35. The second-order valence-corrected chi connectivity index (χ2v) is 6.64. The molecular weight excluding hydrogens is 502 g/mol. The van der Waals surface area contributed by atoms with Crippen LogP contribution in [0, 0.1) is 5.82 Å². The van der Waals surface area contributed by atoms with Gasteiger partial charge in [0.15, 0.2) is 5.96 Å². The average Bonchev–Trinajstić information content (AvgIpc) is 3.14. The van der Waals surface area contributed by atoms with E-state index < -0.39 is 0 Å². The molecule has 0 bridgehead atoms. The zero-order chi connectivity index (χ0) is 16.9. The van der Waals surface area contributed by atoms with Gasteiger partial charge in [0.25, 0.3) is 0 Å². The molecule has 6 nitrogen and oxygen atoms in total. The molecule has 1 aliphatic rings. The maximum Gasteiger partial charge on any atom is 0.193 e. The van der Waals surface area contributed by atoms with E-state index in [-0.39, 0.29) is 29.8 Å². The fourth-order valence-corrected chi connectivity index (χ4v) is 3.19. The number of nitrogens with zero attached hydrogens (tertiary/aromatic N) is 4. The molecule has 0 saturated carbocycles. The van der Waals surface area contributed by atoms with Crippen LogP contribution in [-0.2, 0) is 6.54 Å². The maximum absolute atomic E-state index is 13.6. The Hall–Kier alpha value is -1.23. The first-order valence-corrected chi connectivity index (χ1v) is 8.71. The van der Waals surface area contributed by atoms with Crippen molar-refractivity contribution in [3.8, 4) is 0 Å². The van der Waals surface area contributed by atoms with Crippen molar-refractivity contribution in [2.75, 3.05) is 20.1 Å². The minimum absolute atomic E-state index is 0. The summed E-state index contributed by atoms with van der Waals surface area (Å²) < 4.78 is 14.1. The number of aromatic amines is 1. The first-order chi connectivity index (χ1) is 11.7. The molecule has 0 unspecified atom stereocenters. The van der Waals surface area contributed by atoms with Gasteiger partial charge in [0.2, 0.25) is 0 Å². The van der Waals surface area contributed by atoms with Gasteiger partial charge in [-0.1, -0.05) is 6.07 Å². The minimum Gasteiger partial charge on any atom is -0.352 e. The van der Waals surface area contributed by atoms with Crippen LogP contribution in [0.25, 0.3) is 0 Å². The molecule has 2 heterocycles. The second kappa shape index (κ2) is 9.46. The Morgan fingerprint density at radius 1 is 1.44 bits per heavy atom. The van der Waals surface area contributed by atoms with Gasteiger partial charge in [-0.2, -0.15) is 5.10 Å². The minimum atomic E-state index is -0.253. The van der Waals surface area contributed by atoms with Crippen LogP contribution in [-0.4, -0.2) is 46.2 Å². The van der Waals surface area contributed by atoms with Gasteiger partial charge in [-0.3, -0.25) is 10.1 Å². The number of benzene rings is 1. The summed E-state index contributed by atoms with van der Waals surface area (Å²) in [6.07, 6.45) is 3.56. The van der Waals surface area contributed by atoms with E-state index in [2.05, 4.69) is 46.3 Å². The van der Waals surface area contributed by atoms with E-state index >= 15 is 0 Å². The molecule has 0 radical (unpaired) electrons. The van der Waals surface area contributed by atoms with E-state index in [4.69, 9.17) is 0 Å². The largest absolute Gasteiger partial charge is 0.352 e. The molecule has 0 amide bonds. The van der Waals surface area contributed by atoms with E-state index in [1.54, 1.807) is 19.4 Å². The molecule has 1 aromatic carbocycles. The molecule has 25 heavy (non-hydrogen) atoms. The summed E-state index contributed by atoms with van der Waals surface area (Å²) in [6, 6.07) is 5.14. The number of hydrogen-bond donors (Lipinski definition) is 2. The Kier molecular flexibility index (Phi) is 7.60. The fourth-order valence-electron chi connectivity index (χ4n) is 2.94. The molecule has 0 spiro atoms. The number of rotatable bonds is 3. The number of likely N-dealkylation sites (tertiary alicyclic amines) is 1. The van der Waals surface area contributed by atoms with Crippen LogP contribution in [0.3, 0.4) is 0 Å². The van der Waals surface area contributed by atoms with Gasteiger partial charge in [-0.15, -0.1) is 24.0 Å². The Morgan fingerprint density at radius 2 is 2.20 bits per heavy atom. The van der Waals surface area contributed by atoms with Crippen molar-refractivity contribution < 1.29 is 4.39 Å². The van der Waals surface area contributed by atoms with Gasteiger partial charge < -0.3 is 10.2 Å². The van der Waals surface area contributed by atoms with Crippen LogP contribution in [0.15, 0.2) is 34.0 Å². The zero-order valence-electron chi connectivity index (χ0n) is 13.9. The predicted octanol–water partition coefficient (Wildman–Crippen LogP) is 3.28. The highest BCUT2D eigenvalue weighted by Gasteiger charge is 2.24. The topological polar surface area (TPSA) is 69.2 Å². The third-order valence-corrected chi connectivity index (χ3v) is 4.90. The fraction of sp³-hybridized carbons (Fsp3) is 0.438. The molecule has 1 saturated heterocycles. The molecule has 2 aromatic rings. The Labute approximate surface area is 171 Å². The van der Waals surface area contributed by atoms with E-state index in [9.17, 15) is 4.39 Å². The normalized spacial score (nSPS) is 15.8. The van der Waals surface area contributed by atoms with Gasteiger partial charge in [-0.25, -0.2) is 9.37 Å². The quantitative estimate of drug-likeness (QED) is 0.369. The zero-order valence-corrected chi connectivity index (χ0v) is 17.8. The van der Waals surface area contributed by atoms with Gasteiger partial charge in [0.1, 0.15) is 18.0 Å². The lowest BCUT2D eigenvalue weighted by atomic mass is 9.96. The predicted molar refractivity (Wildman–Crippen MR) is 110 cm³/mol. The lowest BCUT2D eigenvalue weighted by Crippen LogP contribution is -2.45. The van der Waals surface area contributed by atoms with Crippen LogP contribution in [0.2, 0.25) is 0 Å². The van der Waals surface area contributed by atoms with Crippen molar-refractivity contribution in [1.29, 1.82) is 0 Å². The molecule has 136 valence electrons. The van der Waals surface area contributed by atoms with Crippen LogP contribution < -0.4 is 5.32 Å². The number of aliphatic imine (C=N–C) groups is 1.